The van der Waals surface area contributed by atoms with Crippen LogP contribution in [0.1, 0.15) is 43.3 Å². The number of rotatable bonds is 2. The van der Waals surface area contributed by atoms with E-state index in [-0.39, 0.29) is 6.10 Å². The van der Waals surface area contributed by atoms with E-state index in [4.69, 9.17) is 0 Å². The molecule has 3 heterocycles. The number of nitrogens with zero attached hydrogens (tertiary/aromatic N) is 3. The van der Waals surface area contributed by atoms with Crippen LogP contribution in [0.5, 0.6) is 0 Å². The minimum Gasteiger partial charge on any atom is -0.385 e. The van der Waals surface area contributed by atoms with Crippen LogP contribution in [0.2, 0.25) is 0 Å². The summed E-state index contributed by atoms with van der Waals surface area (Å²) in [6.07, 6.45) is 7.40. The Morgan fingerprint density at radius 3 is 2.78 bits per heavy atom. The molecule has 0 radical (unpaired) electrons. The second-order valence-electron chi connectivity index (χ2n) is 5.89. The van der Waals surface area contributed by atoms with E-state index in [1.165, 1.54) is 31.6 Å². The molecule has 2 aliphatic heterocycles. The van der Waals surface area contributed by atoms with E-state index in [9.17, 15) is 5.11 Å². The number of aliphatic hydroxyl groups is 1. The summed E-state index contributed by atoms with van der Waals surface area (Å²) >= 11 is 0. The van der Waals surface area contributed by atoms with E-state index in [1.807, 2.05) is 0 Å². The highest BCUT2D eigenvalue weighted by Crippen LogP contribution is 2.26. The van der Waals surface area contributed by atoms with Gasteiger partial charge in [-0.25, -0.2) is 4.98 Å². The van der Waals surface area contributed by atoms with Crippen molar-refractivity contribution in [2.24, 2.45) is 5.92 Å². The lowest BCUT2D eigenvalue weighted by Gasteiger charge is -2.28. The van der Waals surface area contributed by atoms with Crippen LogP contribution < -0.4 is 0 Å². The van der Waals surface area contributed by atoms with Gasteiger partial charge < -0.3 is 14.6 Å². The molecule has 0 bridgehead atoms. The van der Waals surface area contributed by atoms with E-state index in [0.717, 1.165) is 37.5 Å². The van der Waals surface area contributed by atoms with E-state index in [2.05, 4.69) is 27.7 Å². The Labute approximate surface area is 109 Å². The molecule has 2 aliphatic rings. The normalized spacial score (nSPS) is 26.2. The molecule has 0 aromatic carbocycles. The summed E-state index contributed by atoms with van der Waals surface area (Å²) in [6, 6.07) is 0. The molecule has 1 aromatic heterocycles. The standard InChI is InChI=1S/C14H23N3O/c1-16-7-4-11(5-8-16)9-12-10-17-6-2-3-13(18)14(17)15-12/h10-11,13,18H,2-9H2,1H3. The predicted molar refractivity (Wildman–Crippen MR) is 70.3 cm³/mol. The van der Waals surface area contributed by atoms with Crippen LogP contribution in [-0.2, 0) is 13.0 Å². The monoisotopic (exact) mass is 249 g/mol. The minimum atomic E-state index is -0.343. The summed E-state index contributed by atoms with van der Waals surface area (Å²) in [5.41, 5.74) is 1.18. The summed E-state index contributed by atoms with van der Waals surface area (Å²) in [4.78, 5) is 7.05. The first-order valence-electron chi connectivity index (χ1n) is 7.15. The maximum absolute atomic E-state index is 9.93. The Morgan fingerprint density at radius 2 is 2.06 bits per heavy atom. The van der Waals surface area contributed by atoms with Gasteiger partial charge >= 0.3 is 0 Å². The van der Waals surface area contributed by atoms with Crippen molar-refractivity contribution in [2.45, 2.75) is 44.8 Å². The number of fused-ring (bicyclic) bond motifs is 1. The van der Waals surface area contributed by atoms with Gasteiger partial charge in [-0.05, 0) is 58.2 Å². The predicted octanol–water partition coefficient (Wildman–Crippen LogP) is 1.59. The SMILES string of the molecule is CN1CCC(Cc2cn3c(n2)C(O)CCC3)CC1. The lowest BCUT2D eigenvalue weighted by atomic mass is 9.93. The fourth-order valence-electron chi connectivity index (χ4n) is 3.18. The van der Waals surface area contributed by atoms with Crippen molar-refractivity contribution < 1.29 is 5.11 Å². The Balaban J connectivity index is 1.66. The summed E-state index contributed by atoms with van der Waals surface area (Å²) in [5, 5.41) is 9.93. The molecular formula is C14H23N3O. The van der Waals surface area contributed by atoms with Crippen molar-refractivity contribution >= 4 is 0 Å². The average Bonchev–Trinajstić information content (AvgIpc) is 2.76. The second kappa shape index (κ2) is 5.02. The van der Waals surface area contributed by atoms with Crippen LogP contribution in [0, 0.1) is 5.92 Å². The van der Waals surface area contributed by atoms with Crippen molar-refractivity contribution in [3.05, 3.63) is 17.7 Å². The Morgan fingerprint density at radius 1 is 1.28 bits per heavy atom. The van der Waals surface area contributed by atoms with E-state index in [0.29, 0.717) is 0 Å². The second-order valence-corrected chi connectivity index (χ2v) is 5.89. The van der Waals surface area contributed by atoms with Crippen LogP contribution in [0.4, 0.5) is 0 Å². The smallest absolute Gasteiger partial charge is 0.137 e. The average molecular weight is 249 g/mol. The molecular weight excluding hydrogens is 226 g/mol. The number of likely N-dealkylation sites (tertiary alicyclic amines) is 1. The van der Waals surface area contributed by atoms with Crippen molar-refractivity contribution in [3.8, 4) is 0 Å². The van der Waals surface area contributed by atoms with Crippen LogP contribution in [0.25, 0.3) is 0 Å². The van der Waals surface area contributed by atoms with Gasteiger partial charge in [-0.2, -0.15) is 0 Å². The Bertz CT molecular complexity index is 407. The van der Waals surface area contributed by atoms with Crippen molar-refractivity contribution in [1.29, 1.82) is 0 Å². The fraction of sp³-hybridized carbons (Fsp3) is 0.786. The number of aromatic nitrogens is 2. The number of imidazole rings is 1. The largest absolute Gasteiger partial charge is 0.385 e. The highest BCUT2D eigenvalue weighted by atomic mass is 16.3. The molecule has 4 heteroatoms. The van der Waals surface area contributed by atoms with Gasteiger partial charge in [0.2, 0.25) is 0 Å². The van der Waals surface area contributed by atoms with Gasteiger partial charge in [-0.1, -0.05) is 0 Å². The molecule has 100 valence electrons. The lowest BCUT2D eigenvalue weighted by molar-refractivity contribution is 0.133. The van der Waals surface area contributed by atoms with Crippen LogP contribution in [0.15, 0.2) is 6.20 Å². The van der Waals surface area contributed by atoms with Crippen LogP contribution in [0.3, 0.4) is 0 Å². The number of piperidine rings is 1. The summed E-state index contributed by atoms with van der Waals surface area (Å²) in [6.45, 7) is 3.44. The maximum atomic E-state index is 9.93. The molecule has 0 amide bonds. The molecule has 1 N–H and O–H groups in total. The third-order valence-electron chi connectivity index (χ3n) is 4.37. The van der Waals surface area contributed by atoms with Gasteiger partial charge in [0, 0.05) is 12.7 Å². The van der Waals surface area contributed by atoms with Crippen molar-refractivity contribution in [2.75, 3.05) is 20.1 Å². The first kappa shape index (κ1) is 12.2. The summed E-state index contributed by atoms with van der Waals surface area (Å²) < 4.78 is 2.15. The quantitative estimate of drug-likeness (QED) is 0.865. The number of aliphatic hydroxyl groups excluding tert-OH is 1. The first-order chi connectivity index (χ1) is 8.72. The Hall–Kier alpha value is -0.870. The molecule has 1 fully saturated rings. The van der Waals surface area contributed by atoms with Gasteiger partial charge in [-0.3, -0.25) is 0 Å². The molecule has 0 aliphatic carbocycles. The third kappa shape index (κ3) is 2.45. The molecule has 1 aromatic rings. The van der Waals surface area contributed by atoms with E-state index < -0.39 is 0 Å². The molecule has 18 heavy (non-hydrogen) atoms. The van der Waals surface area contributed by atoms with Crippen molar-refractivity contribution in [3.63, 3.8) is 0 Å². The summed E-state index contributed by atoms with van der Waals surface area (Å²) in [5.74, 6) is 1.67. The van der Waals surface area contributed by atoms with Crippen LogP contribution >= 0.6 is 0 Å². The van der Waals surface area contributed by atoms with Gasteiger partial charge in [0.15, 0.2) is 0 Å². The zero-order chi connectivity index (χ0) is 12.5. The molecule has 1 saturated heterocycles. The third-order valence-corrected chi connectivity index (χ3v) is 4.37. The Kier molecular flexibility index (Phi) is 3.39. The number of hydrogen-bond donors (Lipinski definition) is 1. The van der Waals surface area contributed by atoms with Gasteiger partial charge in [0.1, 0.15) is 11.9 Å². The number of hydrogen-bond acceptors (Lipinski definition) is 3. The zero-order valence-electron chi connectivity index (χ0n) is 11.2. The molecule has 1 unspecified atom stereocenters. The molecule has 3 rings (SSSR count). The highest BCUT2D eigenvalue weighted by Gasteiger charge is 2.23. The maximum Gasteiger partial charge on any atom is 0.137 e. The van der Waals surface area contributed by atoms with Gasteiger partial charge in [0.05, 0.1) is 5.69 Å². The summed E-state index contributed by atoms with van der Waals surface area (Å²) in [7, 11) is 2.20. The van der Waals surface area contributed by atoms with E-state index >= 15 is 0 Å². The molecule has 4 nitrogen and oxygen atoms in total. The topological polar surface area (TPSA) is 41.3 Å². The zero-order valence-corrected chi connectivity index (χ0v) is 11.2. The van der Waals surface area contributed by atoms with Gasteiger partial charge in [0.25, 0.3) is 0 Å². The lowest BCUT2D eigenvalue weighted by Crippen LogP contribution is -2.31. The molecule has 1 atom stereocenters. The molecule has 0 saturated carbocycles. The van der Waals surface area contributed by atoms with Gasteiger partial charge in [-0.15, -0.1) is 0 Å². The van der Waals surface area contributed by atoms with Crippen LogP contribution in [-0.4, -0.2) is 39.7 Å². The highest BCUT2D eigenvalue weighted by molar-refractivity contribution is 5.09. The van der Waals surface area contributed by atoms with Crippen molar-refractivity contribution in [1.82, 2.24) is 14.5 Å². The fourth-order valence-corrected chi connectivity index (χ4v) is 3.18. The number of aryl methyl sites for hydroxylation is 1. The molecule has 0 spiro atoms. The first-order valence-corrected chi connectivity index (χ1v) is 7.15. The minimum absolute atomic E-state index is 0.343. The van der Waals surface area contributed by atoms with E-state index in [1.54, 1.807) is 0 Å².